The SMILES string of the molecule is C[C@@H]1CCCN1c1nc(-c2ccncc2F)cc(=O)n1C. The van der Waals surface area contributed by atoms with Gasteiger partial charge in [-0.05, 0) is 25.8 Å². The number of pyridine rings is 1. The van der Waals surface area contributed by atoms with Crippen LogP contribution in [0.3, 0.4) is 0 Å². The molecule has 0 aromatic carbocycles. The highest BCUT2D eigenvalue weighted by Crippen LogP contribution is 2.25. The van der Waals surface area contributed by atoms with Crippen molar-refractivity contribution in [1.29, 1.82) is 0 Å². The maximum atomic E-state index is 13.9. The van der Waals surface area contributed by atoms with Gasteiger partial charge >= 0.3 is 0 Å². The van der Waals surface area contributed by atoms with E-state index in [1.807, 2.05) is 0 Å². The van der Waals surface area contributed by atoms with Crippen LogP contribution in [0.1, 0.15) is 19.8 Å². The van der Waals surface area contributed by atoms with E-state index in [0.29, 0.717) is 23.2 Å². The normalized spacial score (nSPS) is 18.2. The van der Waals surface area contributed by atoms with Gasteiger partial charge in [0.05, 0.1) is 11.9 Å². The highest BCUT2D eigenvalue weighted by Gasteiger charge is 2.24. The Bertz CT molecular complexity index is 728. The highest BCUT2D eigenvalue weighted by atomic mass is 19.1. The summed E-state index contributed by atoms with van der Waals surface area (Å²) in [6.45, 7) is 2.97. The van der Waals surface area contributed by atoms with E-state index in [-0.39, 0.29) is 5.56 Å². The summed E-state index contributed by atoms with van der Waals surface area (Å²) < 4.78 is 15.4. The number of aromatic nitrogens is 3. The van der Waals surface area contributed by atoms with Gasteiger partial charge in [-0.3, -0.25) is 14.3 Å². The zero-order valence-electron chi connectivity index (χ0n) is 12.1. The molecule has 6 heteroatoms. The topological polar surface area (TPSA) is 51.0 Å². The first kappa shape index (κ1) is 13.7. The molecule has 1 fully saturated rings. The molecular weight excluding hydrogens is 271 g/mol. The lowest BCUT2D eigenvalue weighted by atomic mass is 10.2. The fourth-order valence-electron chi connectivity index (χ4n) is 2.74. The second-order valence-electron chi connectivity index (χ2n) is 5.38. The van der Waals surface area contributed by atoms with Crippen molar-refractivity contribution in [3.8, 4) is 11.3 Å². The molecule has 1 atom stereocenters. The molecule has 21 heavy (non-hydrogen) atoms. The van der Waals surface area contributed by atoms with Crippen LogP contribution < -0.4 is 10.5 Å². The summed E-state index contributed by atoms with van der Waals surface area (Å²) in [4.78, 5) is 22.5. The van der Waals surface area contributed by atoms with Crippen LogP contribution >= 0.6 is 0 Å². The minimum absolute atomic E-state index is 0.190. The van der Waals surface area contributed by atoms with Crippen molar-refractivity contribution in [2.24, 2.45) is 7.05 Å². The summed E-state index contributed by atoms with van der Waals surface area (Å²) in [6.07, 6.45) is 4.77. The molecule has 110 valence electrons. The van der Waals surface area contributed by atoms with Gasteiger partial charge in [0.25, 0.3) is 5.56 Å². The van der Waals surface area contributed by atoms with E-state index >= 15 is 0 Å². The molecule has 2 aromatic heterocycles. The Labute approximate surface area is 122 Å². The Balaban J connectivity index is 2.14. The maximum absolute atomic E-state index is 13.9. The lowest BCUT2D eigenvalue weighted by Gasteiger charge is -2.24. The Hall–Kier alpha value is -2.24. The molecule has 0 unspecified atom stereocenters. The number of rotatable bonds is 2. The lowest BCUT2D eigenvalue weighted by Crippen LogP contribution is -2.33. The van der Waals surface area contributed by atoms with Gasteiger partial charge in [-0.1, -0.05) is 0 Å². The zero-order valence-corrected chi connectivity index (χ0v) is 12.1. The largest absolute Gasteiger partial charge is 0.339 e. The molecule has 2 aromatic rings. The molecule has 0 spiro atoms. The Morgan fingerprint density at radius 2 is 2.24 bits per heavy atom. The third kappa shape index (κ3) is 2.41. The third-order valence-corrected chi connectivity index (χ3v) is 3.97. The molecule has 0 saturated carbocycles. The average Bonchev–Trinajstić information content (AvgIpc) is 2.88. The summed E-state index contributed by atoms with van der Waals surface area (Å²) in [5.74, 6) is 0.123. The standard InChI is InChI=1S/C15H17FN4O/c1-10-4-3-7-20(10)15-18-13(8-14(21)19(15)2)11-5-6-17-9-12(11)16/h5-6,8-10H,3-4,7H2,1-2H3/t10-/m1/s1. The van der Waals surface area contributed by atoms with Crippen molar-refractivity contribution in [3.05, 3.63) is 40.7 Å². The van der Waals surface area contributed by atoms with Crippen LogP contribution in [0.4, 0.5) is 10.3 Å². The number of anilines is 1. The Morgan fingerprint density at radius 3 is 2.90 bits per heavy atom. The Kier molecular flexibility index (Phi) is 3.45. The van der Waals surface area contributed by atoms with E-state index in [0.717, 1.165) is 25.6 Å². The predicted octanol–water partition coefficient (Wildman–Crippen LogP) is 1.97. The zero-order chi connectivity index (χ0) is 15.0. The van der Waals surface area contributed by atoms with E-state index in [9.17, 15) is 9.18 Å². The third-order valence-electron chi connectivity index (χ3n) is 3.97. The summed E-state index contributed by atoms with van der Waals surface area (Å²) in [7, 11) is 1.70. The van der Waals surface area contributed by atoms with Crippen molar-refractivity contribution < 1.29 is 4.39 Å². The van der Waals surface area contributed by atoms with Gasteiger partial charge in [0, 0.05) is 37.5 Å². The van der Waals surface area contributed by atoms with Gasteiger partial charge in [0.15, 0.2) is 5.82 Å². The second-order valence-corrected chi connectivity index (χ2v) is 5.38. The monoisotopic (exact) mass is 288 g/mol. The van der Waals surface area contributed by atoms with E-state index in [1.54, 1.807) is 7.05 Å². The van der Waals surface area contributed by atoms with E-state index in [4.69, 9.17) is 0 Å². The van der Waals surface area contributed by atoms with Crippen LogP contribution in [0.15, 0.2) is 29.3 Å². The molecule has 0 amide bonds. The van der Waals surface area contributed by atoms with Gasteiger partial charge < -0.3 is 4.90 Å². The molecule has 1 aliphatic rings. The maximum Gasteiger partial charge on any atom is 0.255 e. The smallest absolute Gasteiger partial charge is 0.255 e. The molecular formula is C15H17FN4O. The van der Waals surface area contributed by atoms with Crippen molar-refractivity contribution in [1.82, 2.24) is 14.5 Å². The molecule has 5 nitrogen and oxygen atoms in total. The molecule has 3 heterocycles. The highest BCUT2D eigenvalue weighted by molar-refractivity contribution is 5.60. The van der Waals surface area contributed by atoms with Crippen LogP contribution in [0.5, 0.6) is 0 Å². The van der Waals surface area contributed by atoms with E-state index in [1.165, 1.54) is 22.9 Å². The lowest BCUT2D eigenvalue weighted by molar-refractivity contribution is 0.623. The first-order valence-corrected chi connectivity index (χ1v) is 7.02. The molecule has 0 radical (unpaired) electrons. The van der Waals surface area contributed by atoms with Crippen molar-refractivity contribution in [3.63, 3.8) is 0 Å². The van der Waals surface area contributed by atoms with E-state index in [2.05, 4.69) is 21.8 Å². The van der Waals surface area contributed by atoms with Crippen molar-refractivity contribution in [2.45, 2.75) is 25.8 Å². The number of halogens is 1. The number of hydrogen-bond donors (Lipinski definition) is 0. The minimum atomic E-state index is -0.473. The van der Waals surface area contributed by atoms with Crippen LogP contribution in [0.2, 0.25) is 0 Å². The van der Waals surface area contributed by atoms with Crippen LogP contribution in [0.25, 0.3) is 11.3 Å². The molecule has 0 N–H and O–H groups in total. The van der Waals surface area contributed by atoms with Crippen molar-refractivity contribution in [2.75, 3.05) is 11.4 Å². The molecule has 0 aliphatic carbocycles. The van der Waals surface area contributed by atoms with Gasteiger partial charge in [-0.15, -0.1) is 0 Å². The van der Waals surface area contributed by atoms with Crippen molar-refractivity contribution >= 4 is 5.95 Å². The van der Waals surface area contributed by atoms with Gasteiger partial charge in [-0.25, -0.2) is 9.37 Å². The summed E-state index contributed by atoms with van der Waals surface area (Å²) in [5.41, 5.74) is 0.466. The second kappa shape index (κ2) is 5.27. The minimum Gasteiger partial charge on any atom is -0.339 e. The van der Waals surface area contributed by atoms with Crippen LogP contribution in [0, 0.1) is 5.82 Å². The molecule has 1 saturated heterocycles. The average molecular weight is 288 g/mol. The number of hydrogen-bond acceptors (Lipinski definition) is 4. The predicted molar refractivity (Wildman–Crippen MR) is 78.7 cm³/mol. The first-order valence-electron chi connectivity index (χ1n) is 7.02. The van der Waals surface area contributed by atoms with Gasteiger partial charge in [-0.2, -0.15) is 0 Å². The number of nitrogens with zero attached hydrogens (tertiary/aromatic N) is 4. The molecule has 0 bridgehead atoms. The Morgan fingerprint density at radius 1 is 1.43 bits per heavy atom. The molecule has 3 rings (SSSR count). The van der Waals surface area contributed by atoms with Gasteiger partial charge in [0.1, 0.15) is 0 Å². The summed E-state index contributed by atoms with van der Waals surface area (Å²) in [5, 5.41) is 0. The fourth-order valence-corrected chi connectivity index (χ4v) is 2.74. The van der Waals surface area contributed by atoms with Crippen LogP contribution in [-0.4, -0.2) is 27.1 Å². The van der Waals surface area contributed by atoms with Crippen LogP contribution in [-0.2, 0) is 7.05 Å². The molecule has 1 aliphatic heterocycles. The summed E-state index contributed by atoms with van der Waals surface area (Å²) >= 11 is 0. The van der Waals surface area contributed by atoms with Gasteiger partial charge in [0.2, 0.25) is 5.95 Å². The quantitative estimate of drug-likeness (QED) is 0.848. The van der Waals surface area contributed by atoms with E-state index < -0.39 is 5.82 Å². The fraction of sp³-hybridized carbons (Fsp3) is 0.400. The summed E-state index contributed by atoms with van der Waals surface area (Å²) in [6, 6.07) is 3.23. The first-order chi connectivity index (χ1) is 10.1.